The fourth-order valence-corrected chi connectivity index (χ4v) is 1.90. The van der Waals surface area contributed by atoms with Crippen LogP contribution in [0.15, 0.2) is 0 Å². The maximum atomic E-state index is 12.1. The first-order valence-corrected chi connectivity index (χ1v) is 5.76. The third kappa shape index (κ3) is 8.04. The van der Waals surface area contributed by atoms with Gasteiger partial charge in [0.25, 0.3) is 0 Å². The Labute approximate surface area is 148 Å². The first kappa shape index (κ1) is 18.8. The van der Waals surface area contributed by atoms with Gasteiger partial charge >= 0.3 is 64.5 Å². The molecule has 0 heterocycles. The zero-order valence-corrected chi connectivity index (χ0v) is 14.4. The molecule has 1 N–H and O–H groups in total. The standard InChI is InChI=1S/C10H18BF3NO2.K/c1-10(2,3)17-9(16)15-8-4-7(5-8)6-11(12,13)14;/h7-8H,4-6H2,1-3H3,(H,15,16);/q-1;+1. The van der Waals surface area contributed by atoms with Crippen molar-refractivity contribution in [3.05, 3.63) is 0 Å². The number of alkyl carbamates (subject to hydrolysis) is 1. The van der Waals surface area contributed by atoms with Crippen LogP contribution in [0.25, 0.3) is 0 Å². The van der Waals surface area contributed by atoms with Crippen LogP contribution >= 0.6 is 0 Å². The van der Waals surface area contributed by atoms with E-state index < -0.39 is 25.0 Å². The van der Waals surface area contributed by atoms with Gasteiger partial charge in [-0.15, -0.1) is 0 Å². The SMILES string of the molecule is CC(C)(C)OC(=O)NC1CC(C[B-](F)(F)F)C1.[K+]. The molecule has 0 atom stereocenters. The summed E-state index contributed by atoms with van der Waals surface area (Å²) in [4.78, 5) is 11.3. The fourth-order valence-electron chi connectivity index (χ4n) is 1.90. The van der Waals surface area contributed by atoms with Gasteiger partial charge in [-0.3, -0.25) is 0 Å². The predicted molar refractivity (Wildman–Crippen MR) is 59.8 cm³/mol. The van der Waals surface area contributed by atoms with E-state index in [0.717, 1.165) is 0 Å². The van der Waals surface area contributed by atoms with E-state index in [-0.39, 0.29) is 63.3 Å². The van der Waals surface area contributed by atoms with Crippen molar-refractivity contribution in [1.82, 2.24) is 5.32 Å². The second-order valence-electron chi connectivity index (χ2n) is 5.63. The molecule has 100 valence electrons. The molecule has 1 aliphatic rings. The Hall–Kier alpha value is 0.761. The topological polar surface area (TPSA) is 38.3 Å². The van der Waals surface area contributed by atoms with Crippen molar-refractivity contribution in [3.8, 4) is 0 Å². The molecule has 0 aromatic heterocycles. The Bertz CT molecular complexity index is 288. The van der Waals surface area contributed by atoms with Gasteiger partial charge < -0.3 is 23.0 Å². The molecule has 1 fully saturated rings. The Morgan fingerprint density at radius 1 is 1.33 bits per heavy atom. The molecular formula is C10H18BF3KNO2. The monoisotopic (exact) mass is 291 g/mol. The molecular weight excluding hydrogens is 273 g/mol. The smallest absolute Gasteiger partial charge is 0.449 e. The average molecular weight is 291 g/mol. The van der Waals surface area contributed by atoms with E-state index in [0.29, 0.717) is 12.8 Å². The fraction of sp³-hybridized carbons (Fsp3) is 0.900. The van der Waals surface area contributed by atoms with Crippen LogP contribution in [0.2, 0.25) is 6.32 Å². The Morgan fingerprint density at radius 3 is 2.22 bits per heavy atom. The molecule has 0 radical (unpaired) electrons. The quantitative estimate of drug-likeness (QED) is 0.751. The molecule has 0 saturated heterocycles. The van der Waals surface area contributed by atoms with Gasteiger partial charge in [-0.25, -0.2) is 4.79 Å². The zero-order chi connectivity index (χ0) is 13.3. The first-order valence-electron chi connectivity index (χ1n) is 5.76. The molecule has 0 spiro atoms. The summed E-state index contributed by atoms with van der Waals surface area (Å²) in [6.45, 7) is 0.506. The van der Waals surface area contributed by atoms with Crippen LogP contribution < -0.4 is 56.7 Å². The predicted octanol–water partition coefficient (Wildman–Crippen LogP) is 0.141. The molecule has 0 bridgehead atoms. The first-order chi connectivity index (χ1) is 7.55. The number of ether oxygens (including phenoxy) is 1. The number of hydrogen-bond acceptors (Lipinski definition) is 2. The van der Waals surface area contributed by atoms with E-state index in [4.69, 9.17) is 4.74 Å². The summed E-state index contributed by atoms with van der Waals surface area (Å²) < 4.78 is 41.3. The summed E-state index contributed by atoms with van der Waals surface area (Å²) in [6.07, 6.45) is -0.480. The van der Waals surface area contributed by atoms with Gasteiger partial charge in [0.15, 0.2) is 0 Å². The van der Waals surface area contributed by atoms with Gasteiger partial charge in [0.2, 0.25) is 0 Å². The molecule has 1 rings (SSSR count). The summed E-state index contributed by atoms with van der Waals surface area (Å²) in [5.74, 6) is -0.338. The second kappa shape index (κ2) is 6.97. The minimum atomic E-state index is -4.71. The van der Waals surface area contributed by atoms with Crippen molar-refractivity contribution in [2.45, 2.75) is 51.6 Å². The maximum absolute atomic E-state index is 12.1. The van der Waals surface area contributed by atoms with Gasteiger partial charge in [0.05, 0.1) is 0 Å². The van der Waals surface area contributed by atoms with E-state index in [9.17, 15) is 17.7 Å². The largest absolute Gasteiger partial charge is 1.00 e. The van der Waals surface area contributed by atoms with Crippen LogP contribution in [-0.4, -0.2) is 24.7 Å². The van der Waals surface area contributed by atoms with Gasteiger partial charge in [0, 0.05) is 6.04 Å². The minimum Gasteiger partial charge on any atom is -0.449 e. The van der Waals surface area contributed by atoms with Crippen LogP contribution in [-0.2, 0) is 4.74 Å². The Balaban J connectivity index is 0.00000289. The molecule has 1 saturated carbocycles. The van der Waals surface area contributed by atoms with Crippen LogP contribution in [0, 0.1) is 5.92 Å². The van der Waals surface area contributed by atoms with E-state index in [2.05, 4.69) is 5.32 Å². The van der Waals surface area contributed by atoms with E-state index in [1.807, 2.05) is 0 Å². The normalized spacial score (nSPS) is 23.7. The summed E-state index contributed by atoms with van der Waals surface area (Å²) in [5.41, 5.74) is -0.581. The van der Waals surface area contributed by atoms with Gasteiger partial charge in [-0.2, -0.15) is 0 Å². The number of nitrogens with one attached hydrogen (secondary N) is 1. The van der Waals surface area contributed by atoms with Crippen molar-refractivity contribution < 1.29 is 73.9 Å². The number of carbonyl (C=O) groups excluding carboxylic acids is 1. The average Bonchev–Trinajstić information content (AvgIpc) is 1.93. The molecule has 3 nitrogen and oxygen atoms in total. The zero-order valence-electron chi connectivity index (χ0n) is 11.3. The van der Waals surface area contributed by atoms with Crippen LogP contribution in [0.5, 0.6) is 0 Å². The number of amides is 1. The van der Waals surface area contributed by atoms with Crippen LogP contribution in [0.4, 0.5) is 17.7 Å². The Kier molecular flexibility index (Phi) is 7.26. The molecule has 1 amide bonds. The van der Waals surface area contributed by atoms with Crippen molar-refractivity contribution in [1.29, 1.82) is 0 Å². The second-order valence-corrected chi connectivity index (χ2v) is 5.63. The number of halogens is 3. The maximum Gasteiger partial charge on any atom is 1.00 e. The molecule has 0 unspecified atom stereocenters. The summed E-state index contributed by atoms with van der Waals surface area (Å²) in [5, 5.41) is 2.57. The third-order valence-corrected chi connectivity index (χ3v) is 2.56. The molecule has 0 aromatic carbocycles. The van der Waals surface area contributed by atoms with Crippen LogP contribution in [0.1, 0.15) is 33.6 Å². The van der Waals surface area contributed by atoms with Crippen molar-refractivity contribution in [2.75, 3.05) is 0 Å². The number of rotatable bonds is 3. The van der Waals surface area contributed by atoms with Crippen molar-refractivity contribution >= 4 is 13.1 Å². The van der Waals surface area contributed by atoms with E-state index >= 15 is 0 Å². The Morgan fingerprint density at radius 2 is 1.83 bits per heavy atom. The molecule has 8 heteroatoms. The van der Waals surface area contributed by atoms with E-state index in [1.54, 1.807) is 20.8 Å². The summed E-state index contributed by atoms with van der Waals surface area (Å²) in [6, 6.07) is -0.173. The molecule has 18 heavy (non-hydrogen) atoms. The van der Waals surface area contributed by atoms with Crippen molar-refractivity contribution in [2.24, 2.45) is 5.92 Å². The summed E-state index contributed by atoms with van der Waals surface area (Å²) >= 11 is 0. The van der Waals surface area contributed by atoms with Gasteiger partial charge in [-0.1, -0.05) is 12.2 Å². The van der Waals surface area contributed by atoms with Crippen molar-refractivity contribution in [3.63, 3.8) is 0 Å². The van der Waals surface area contributed by atoms with Gasteiger partial charge in [-0.05, 0) is 33.6 Å². The minimum absolute atomic E-state index is 0. The number of carbonyl (C=O) groups is 1. The van der Waals surface area contributed by atoms with Crippen LogP contribution in [0.3, 0.4) is 0 Å². The third-order valence-electron chi connectivity index (χ3n) is 2.56. The molecule has 0 aliphatic heterocycles. The van der Waals surface area contributed by atoms with E-state index in [1.165, 1.54) is 0 Å². The number of hydrogen-bond donors (Lipinski definition) is 1. The van der Waals surface area contributed by atoms with Gasteiger partial charge in [0.1, 0.15) is 5.60 Å². The summed E-state index contributed by atoms with van der Waals surface area (Å²) in [7, 11) is 0. The molecule has 1 aliphatic carbocycles. The molecule has 0 aromatic rings.